The fourth-order valence-electron chi connectivity index (χ4n) is 1.12. The monoisotopic (exact) mass is 318 g/mol. The van der Waals surface area contributed by atoms with Crippen molar-refractivity contribution >= 4 is 41.6 Å². The van der Waals surface area contributed by atoms with Crippen LogP contribution < -0.4 is 0 Å². The molecule has 6 nitrogen and oxygen atoms in total. The van der Waals surface area contributed by atoms with Crippen LogP contribution in [0.5, 0.6) is 0 Å². The van der Waals surface area contributed by atoms with Gasteiger partial charge in [0.25, 0.3) is 0 Å². The topological polar surface area (TPSA) is 78.9 Å². The van der Waals surface area contributed by atoms with Crippen LogP contribution in [0.2, 0.25) is 0 Å². The number of esters is 2. The lowest BCUT2D eigenvalue weighted by molar-refractivity contribution is -0.147. The van der Waals surface area contributed by atoms with Gasteiger partial charge >= 0.3 is 18.1 Å². The molecule has 0 atom stereocenters. The van der Waals surface area contributed by atoms with Crippen LogP contribution in [0.25, 0.3) is 0 Å². The van der Waals surface area contributed by atoms with E-state index in [1.165, 1.54) is 23.5 Å². The Labute approximate surface area is 124 Å². The van der Waals surface area contributed by atoms with Gasteiger partial charge in [0, 0.05) is 0 Å². The normalized spacial score (nSPS) is 13.3. The standard InChI is InChI=1S/C12H14O6S2/c1-4-16-12(15)18-10(14)8(9(13)17-7(2)3)11-19-5-6-20-11/h5-7H,4H2,1-3H3. The van der Waals surface area contributed by atoms with E-state index in [2.05, 4.69) is 9.47 Å². The maximum Gasteiger partial charge on any atom is 0.516 e. The highest BCUT2D eigenvalue weighted by atomic mass is 32.2. The molecule has 8 heteroatoms. The highest BCUT2D eigenvalue weighted by molar-refractivity contribution is 8.27. The van der Waals surface area contributed by atoms with Crippen LogP contribution in [-0.2, 0) is 23.8 Å². The first-order valence-electron chi connectivity index (χ1n) is 5.78. The Morgan fingerprint density at radius 2 is 1.75 bits per heavy atom. The maximum atomic E-state index is 11.9. The van der Waals surface area contributed by atoms with Crippen LogP contribution in [0.4, 0.5) is 4.79 Å². The quantitative estimate of drug-likeness (QED) is 0.339. The number of ether oxygens (including phenoxy) is 3. The molecule has 0 unspecified atom stereocenters. The summed E-state index contributed by atoms with van der Waals surface area (Å²) in [5.74, 6) is -1.90. The number of hydrogen-bond acceptors (Lipinski definition) is 8. The molecule has 110 valence electrons. The van der Waals surface area contributed by atoms with Gasteiger partial charge in [-0.05, 0) is 31.6 Å². The smallest absolute Gasteiger partial charge is 0.459 e. The molecule has 1 rings (SSSR count). The van der Waals surface area contributed by atoms with Crippen LogP contribution in [-0.4, -0.2) is 30.8 Å². The Bertz CT molecular complexity index is 457. The van der Waals surface area contributed by atoms with Gasteiger partial charge in [-0.3, -0.25) is 0 Å². The lowest BCUT2D eigenvalue weighted by atomic mass is 10.3. The zero-order valence-electron chi connectivity index (χ0n) is 11.2. The van der Waals surface area contributed by atoms with E-state index in [4.69, 9.17) is 4.74 Å². The summed E-state index contributed by atoms with van der Waals surface area (Å²) < 4.78 is 14.3. The van der Waals surface area contributed by atoms with Crippen LogP contribution in [0.15, 0.2) is 20.6 Å². The van der Waals surface area contributed by atoms with Crippen LogP contribution in [0, 0.1) is 0 Å². The number of rotatable bonds is 4. The van der Waals surface area contributed by atoms with Gasteiger partial charge in [-0.15, -0.1) is 0 Å². The second kappa shape index (κ2) is 8.01. The predicted molar refractivity (Wildman–Crippen MR) is 75.7 cm³/mol. The number of carbonyl (C=O) groups is 3. The summed E-state index contributed by atoms with van der Waals surface area (Å²) in [4.78, 5) is 35.0. The fraction of sp³-hybridized carbons (Fsp3) is 0.417. The second-order valence-corrected chi connectivity index (χ2v) is 5.79. The van der Waals surface area contributed by atoms with Crippen molar-refractivity contribution in [2.75, 3.05) is 6.61 Å². The first-order valence-corrected chi connectivity index (χ1v) is 7.54. The summed E-state index contributed by atoms with van der Waals surface area (Å²) >= 11 is 2.37. The molecule has 0 amide bonds. The zero-order chi connectivity index (χ0) is 15.1. The molecule has 0 aromatic heterocycles. The Balaban J connectivity index is 2.89. The summed E-state index contributed by atoms with van der Waals surface area (Å²) in [7, 11) is 0. The molecule has 0 radical (unpaired) electrons. The minimum atomic E-state index is -1.14. The molecule has 0 spiro atoms. The average molecular weight is 318 g/mol. The van der Waals surface area contributed by atoms with E-state index >= 15 is 0 Å². The molecule has 0 saturated heterocycles. The van der Waals surface area contributed by atoms with Crippen molar-refractivity contribution in [1.82, 2.24) is 0 Å². The molecule has 20 heavy (non-hydrogen) atoms. The first-order chi connectivity index (χ1) is 9.45. The fourth-order valence-corrected chi connectivity index (χ4v) is 2.94. The van der Waals surface area contributed by atoms with Crippen LogP contribution in [0.1, 0.15) is 20.8 Å². The van der Waals surface area contributed by atoms with Crippen molar-refractivity contribution in [3.05, 3.63) is 20.6 Å². The Morgan fingerprint density at radius 3 is 2.25 bits per heavy atom. The summed E-state index contributed by atoms with van der Waals surface area (Å²) in [6.07, 6.45) is -1.54. The Hall–Kier alpha value is -1.41. The first kappa shape index (κ1) is 16.6. The third kappa shape index (κ3) is 4.93. The summed E-state index contributed by atoms with van der Waals surface area (Å²) in [6.45, 7) is 4.96. The number of hydrogen-bond donors (Lipinski definition) is 0. The van der Waals surface area contributed by atoms with Crippen molar-refractivity contribution in [2.24, 2.45) is 0 Å². The summed E-state index contributed by atoms with van der Waals surface area (Å²) in [6, 6.07) is 0. The molecule has 0 fully saturated rings. The van der Waals surface area contributed by atoms with Gasteiger partial charge in [-0.1, -0.05) is 23.5 Å². The third-order valence-electron chi connectivity index (χ3n) is 1.80. The van der Waals surface area contributed by atoms with E-state index in [9.17, 15) is 14.4 Å². The maximum absolute atomic E-state index is 11.9. The van der Waals surface area contributed by atoms with Crippen LogP contribution in [0.3, 0.4) is 0 Å². The minimum absolute atomic E-state index is 0.0690. The lowest BCUT2D eigenvalue weighted by Gasteiger charge is -2.11. The van der Waals surface area contributed by atoms with Gasteiger partial charge in [0.15, 0.2) is 5.57 Å². The Morgan fingerprint density at radius 1 is 1.15 bits per heavy atom. The third-order valence-corrected chi connectivity index (χ3v) is 3.93. The van der Waals surface area contributed by atoms with Gasteiger partial charge in [0.2, 0.25) is 0 Å². The minimum Gasteiger partial charge on any atom is -0.459 e. The molecule has 1 aliphatic heterocycles. The van der Waals surface area contributed by atoms with Gasteiger partial charge in [0.1, 0.15) is 0 Å². The molecule has 0 bridgehead atoms. The molecule has 1 aliphatic rings. The average Bonchev–Trinajstić information content (AvgIpc) is 2.81. The van der Waals surface area contributed by atoms with E-state index < -0.39 is 24.2 Å². The van der Waals surface area contributed by atoms with Crippen molar-refractivity contribution in [3.63, 3.8) is 0 Å². The zero-order valence-corrected chi connectivity index (χ0v) is 12.8. The molecular weight excluding hydrogens is 304 g/mol. The van der Waals surface area contributed by atoms with Gasteiger partial charge < -0.3 is 14.2 Å². The molecule has 0 aromatic carbocycles. The molecule has 0 saturated carbocycles. The molecule has 0 aliphatic carbocycles. The SMILES string of the molecule is CCOC(=O)OC(=O)C(C(=O)OC(C)C)=C1SC=CS1. The predicted octanol–water partition coefficient (Wildman–Crippen LogP) is 2.80. The Kier molecular flexibility index (Phi) is 6.66. The largest absolute Gasteiger partial charge is 0.516 e. The van der Waals surface area contributed by atoms with Crippen molar-refractivity contribution < 1.29 is 28.6 Å². The van der Waals surface area contributed by atoms with E-state index in [0.717, 1.165) is 0 Å². The number of carbonyl (C=O) groups excluding carboxylic acids is 3. The highest BCUT2D eigenvalue weighted by Gasteiger charge is 2.30. The van der Waals surface area contributed by atoms with Crippen LogP contribution >= 0.6 is 23.5 Å². The van der Waals surface area contributed by atoms with Crippen molar-refractivity contribution in [3.8, 4) is 0 Å². The molecular formula is C12H14O6S2. The lowest BCUT2D eigenvalue weighted by Crippen LogP contribution is -2.24. The van der Waals surface area contributed by atoms with Crippen molar-refractivity contribution in [1.29, 1.82) is 0 Å². The van der Waals surface area contributed by atoms with E-state index in [-0.39, 0.29) is 12.2 Å². The van der Waals surface area contributed by atoms with Gasteiger partial charge in [-0.2, -0.15) is 0 Å². The highest BCUT2D eigenvalue weighted by Crippen LogP contribution is 2.40. The molecule has 1 heterocycles. The number of thioether (sulfide) groups is 2. The molecule has 0 aromatic rings. The van der Waals surface area contributed by atoms with E-state index in [0.29, 0.717) is 4.24 Å². The molecule has 0 N–H and O–H groups in total. The van der Waals surface area contributed by atoms with Crippen molar-refractivity contribution in [2.45, 2.75) is 26.9 Å². The van der Waals surface area contributed by atoms with E-state index in [1.807, 2.05) is 0 Å². The van der Waals surface area contributed by atoms with Gasteiger partial charge in [-0.25, -0.2) is 14.4 Å². The van der Waals surface area contributed by atoms with E-state index in [1.54, 1.807) is 31.6 Å². The second-order valence-electron chi connectivity index (χ2n) is 3.70. The van der Waals surface area contributed by atoms with Gasteiger partial charge in [0.05, 0.1) is 16.9 Å². The summed E-state index contributed by atoms with van der Waals surface area (Å²) in [5.41, 5.74) is -0.299. The summed E-state index contributed by atoms with van der Waals surface area (Å²) in [5, 5.41) is 3.42.